The summed E-state index contributed by atoms with van der Waals surface area (Å²) in [5, 5.41) is 19.0. The zero-order chi connectivity index (χ0) is 29.3. The summed E-state index contributed by atoms with van der Waals surface area (Å²) >= 11 is 0. The number of amides is 5. The highest BCUT2D eigenvalue weighted by atomic mass is 16.6. The number of nitrogens with zero attached hydrogens (tertiary/aromatic N) is 3. The van der Waals surface area contributed by atoms with E-state index in [-0.39, 0.29) is 41.4 Å². The van der Waals surface area contributed by atoms with Crippen LogP contribution in [0.25, 0.3) is 0 Å². The number of anilines is 1. The van der Waals surface area contributed by atoms with Gasteiger partial charge in [0.15, 0.2) is 5.69 Å². The number of fused-ring (bicyclic) bond motifs is 1. The Balaban J connectivity index is 1.36. The van der Waals surface area contributed by atoms with Crippen LogP contribution in [-0.4, -0.2) is 70.2 Å². The molecule has 0 spiro atoms. The maximum atomic E-state index is 13.6. The van der Waals surface area contributed by atoms with E-state index in [4.69, 9.17) is 0 Å². The standard InChI is InChI=1S/C29H39N7O5/c1-16(2)22-15-36(28(40)32-22)29(27(39)30-4)13-19-10-11-21(12-20(19)14-29)31-26(38)24(18-8-6-5-7-9-18)33-25(37)23-17(3)34-41-35-23/h10-12,16,18,22,24H,5-9,13-15H2,1-4H3,(H,30,39)(H,31,38)(H,32,40)(H,33,37)/t22-,24-,29?/m0/s1. The normalized spacial score (nSPS) is 23.2. The highest BCUT2D eigenvalue weighted by molar-refractivity contribution is 6.01. The molecule has 1 aromatic carbocycles. The molecule has 3 atom stereocenters. The lowest BCUT2D eigenvalue weighted by Gasteiger charge is -2.36. The zero-order valence-corrected chi connectivity index (χ0v) is 24.1. The minimum absolute atomic E-state index is 0.00854. The second-order valence-electron chi connectivity index (χ2n) is 11.9. The molecule has 2 heterocycles. The minimum atomic E-state index is -1.05. The Morgan fingerprint density at radius 1 is 1.10 bits per heavy atom. The first-order chi connectivity index (χ1) is 19.6. The molecule has 0 radical (unpaired) electrons. The Hall–Kier alpha value is -3.96. The van der Waals surface area contributed by atoms with Crippen LogP contribution in [0.4, 0.5) is 10.5 Å². The summed E-state index contributed by atoms with van der Waals surface area (Å²) in [5.74, 6) is -0.795. The lowest BCUT2D eigenvalue weighted by Crippen LogP contribution is -2.60. The fourth-order valence-corrected chi connectivity index (χ4v) is 6.48. The van der Waals surface area contributed by atoms with Crippen LogP contribution in [0.2, 0.25) is 0 Å². The van der Waals surface area contributed by atoms with Crippen molar-refractivity contribution in [3.05, 3.63) is 40.7 Å². The van der Waals surface area contributed by atoms with Gasteiger partial charge in [-0.2, -0.15) is 0 Å². The van der Waals surface area contributed by atoms with Gasteiger partial charge in [-0.15, -0.1) is 0 Å². The molecule has 1 aliphatic heterocycles. The van der Waals surface area contributed by atoms with Gasteiger partial charge in [0, 0.05) is 32.1 Å². The van der Waals surface area contributed by atoms with Crippen LogP contribution in [-0.2, 0) is 22.4 Å². The van der Waals surface area contributed by atoms with Crippen molar-refractivity contribution in [1.29, 1.82) is 0 Å². The van der Waals surface area contributed by atoms with Crippen molar-refractivity contribution in [2.45, 2.75) is 83.3 Å². The molecule has 2 aromatic rings. The molecular weight excluding hydrogens is 526 g/mol. The van der Waals surface area contributed by atoms with Gasteiger partial charge >= 0.3 is 6.03 Å². The predicted molar refractivity (Wildman–Crippen MR) is 150 cm³/mol. The van der Waals surface area contributed by atoms with Crippen molar-refractivity contribution in [3.8, 4) is 0 Å². The summed E-state index contributed by atoms with van der Waals surface area (Å²) in [5.41, 5.74) is 1.80. The van der Waals surface area contributed by atoms with Crippen LogP contribution in [0.15, 0.2) is 22.8 Å². The molecular formula is C29H39N7O5. The van der Waals surface area contributed by atoms with Crippen LogP contribution in [0, 0.1) is 18.8 Å². The molecule has 2 aliphatic carbocycles. The molecule has 0 bridgehead atoms. The molecule has 1 saturated carbocycles. The molecule has 3 aliphatic rings. The smallest absolute Gasteiger partial charge is 0.318 e. The Morgan fingerprint density at radius 2 is 1.83 bits per heavy atom. The van der Waals surface area contributed by atoms with E-state index in [9.17, 15) is 19.2 Å². The second kappa shape index (κ2) is 11.5. The Kier molecular flexibility index (Phi) is 8.01. The SMILES string of the molecule is CNC(=O)C1(N2C[C@@H](C(C)C)NC2=O)Cc2ccc(NC(=O)[C@@H](NC(=O)c3nonc3C)C3CCCCC3)cc2C1. The minimum Gasteiger partial charge on any atom is -0.357 e. The van der Waals surface area contributed by atoms with Gasteiger partial charge in [-0.05, 0) is 60.0 Å². The molecule has 4 N–H and O–H groups in total. The number of carbonyl (C=O) groups excluding carboxylic acids is 4. The van der Waals surface area contributed by atoms with Crippen LogP contribution in [0.3, 0.4) is 0 Å². The van der Waals surface area contributed by atoms with E-state index in [1.54, 1.807) is 18.9 Å². The van der Waals surface area contributed by atoms with E-state index in [1.807, 2.05) is 32.0 Å². The van der Waals surface area contributed by atoms with Gasteiger partial charge < -0.3 is 26.2 Å². The van der Waals surface area contributed by atoms with Crippen LogP contribution >= 0.6 is 0 Å². The summed E-state index contributed by atoms with van der Waals surface area (Å²) in [7, 11) is 1.59. The molecule has 1 unspecified atom stereocenters. The number of aromatic nitrogens is 2. The van der Waals surface area contributed by atoms with Crippen LogP contribution < -0.4 is 21.3 Å². The van der Waals surface area contributed by atoms with Crippen LogP contribution in [0.1, 0.15) is 73.3 Å². The maximum Gasteiger partial charge on any atom is 0.318 e. The van der Waals surface area contributed by atoms with Crippen molar-refractivity contribution in [1.82, 2.24) is 31.2 Å². The third kappa shape index (κ3) is 5.51. The lowest BCUT2D eigenvalue weighted by molar-refractivity contribution is -0.130. The first kappa shape index (κ1) is 28.6. The van der Waals surface area contributed by atoms with Crippen LogP contribution in [0.5, 0.6) is 0 Å². The Morgan fingerprint density at radius 3 is 2.46 bits per heavy atom. The lowest BCUT2D eigenvalue weighted by atomic mass is 9.83. The number of hydrogen-bond donors (Lipinski definition) is 4. The highest BCUT2D eigenvalue weighted by Gasteiger charge is 2.53. The fraction of sp³-hybridized carbons (Fsp3) is 0.586. The molecule has 5 amide bonds. The van der Waals surface area contributed by atoms with Gasteiger partial charge in [-0.25, -0.2) is 9.42 Å². The van der Waals surface area contributed by atoms with Gasteiger partial charge in [-0.1, -0.05) is 44.3 Å². The highest BCUT2D eigenvalue weighted by Crippen LogP contribution is 2.38. The van der Waals surface area contributed by atoms with Gasteiger partial charge in [-0.3, -0.25) is 14.4 Å². The summed E-state index contributed by atoms with van der Waals surface area (Å²) < 4.78 is 4.68. The number of nitrogens with one attached hydrogen (secondary N) is 4. The van der Waals surface area contributed by atoms with Crippen molar-refractivity contribution in [3.63, 3.8) is 0 Å². The largest absolute Gasteiger partial charge is 0.357 e. The summed E-state index contributed by atoms with van der Waals surface area (Å²) in [6, 6.07) is 4.56. The Labute approximate surface area is 239 Å². The molecule has 41 heavy (non-hydrogen) atoms. The molecule has 5 rings (SSSR count). The van der Waals surface area contributed by atoms with Crippen molar-refractivity contribution < 1.29 is 23.8 Å². The fourth-order valence-electron chi connectivity index (χ4n) is 6.48. The van der Waals surface area contributed by atoms with Crippen molar-refractivity contribution in [2.75, 3.05) is 18.9 Å². The summed E-state index contributed by atoms with van der Waals surface area (Å²) in [4.78, 5) is 54.6. The molecule has 2 fully saturated rings. The van der Waals surface area contributed by atoms with Gasteiger partial charge in [0.25, 0.3) is 5.91 Å². The van der Waals surface area contributed by atoms with E-state index >= 15 is 0 Å². The number of hydrogen-bond acceptors (Lipinski definition) is 7. The predicted octanol–water partition coefficient (Wildman–Crippen LogP) is 2.33. The van der Waals surface area contributed by atoms with Crippen molar-refractivity contribution >= 4 is 29.4 Å². The number of aryl methyl sites for hydroxylation is 1. The van der Waals surface area contributed by atoms with E-state index in [0.29, 0.717) is 30.8 Å². The molecule has 12 heteroatoms. The van der Waals surface area contributed by atoms with Gasteiger partial charge in [0.05, 0.1) is 6.04 Å². The van der Waals surface area contributed by atoms with E-state index < -0.39 is 17.5 Å². The average Bonchev–Trinajstić information content (AvgIpc) is 3.68. The molecule has 1 saturated heterocycles. The first-order valence-corrected chi connectivity index (χ1v) is 14.5. The number of benzene rings is 1. The third-order valence-corrected chi connectivity index (χ3v) is 8.90. The number of rotatable bonds is 8. The molecule has 1 aromatic heterocycles. The zero-order valence-electron chi connectivity index (χ0n) is 24.1. The third-order valence-electron chi connectivity index (χ3n) is 8.90. The molecule has 220 valence electrons. The van der Waals surface area contributed by atoms with Crippen molar-refractivity contribution in [2.24, 2.45) is 11.8 Å². The average molecular weight is 566 g/mol. The van der Waals surface area contributed by atoms with E-state index in [1.165, 1.54) is 0 Å². The van der Waals surface area contributed by atoms with Gasteiger partial charge in [0.2, 0.25) is 11.8 Å². The summed E-state index contributed by atoms with van der Waals surface area (Å²) in [6.45, 7) is 6.17. The van der Waals surface area contributed by atoms with E-state index in [0.717, 1.165) is 43.2 Å². The maximum absolute atomic E-state index is 13.6. The van der Waals surface area contributed by atoms with E-state index in [2.05, 4.69) is 36.2 Å². The first-order valence-electron chi connectivity index (χ1n) is 14.5. The second-order valence-corrected chi connectivity index (χ2v) is 11.9. The number of carbonyl (C=O) groups is 4. The quantitative estimate of drug-likeness (QED) is 0.382. The topological polar surface area (TPSA) is 159 Å². The number of urea groups is 1. The monoisotopic (exact) mass is 565 g/mol. The summed E-state index contributed by atoms with van der Waals surface area (Å²) in [6.07, 6.45) is 5.50. The Bertz CT molecular complexity index is 1330. The number of likely N-dealkylation sites (N-methyl/N-ethyl adjacent to an activating group) is 1. The van der Waals surface area contributed by atoms with Gasteiger partial charge in [0.1, 0.15) is 17.3 Å². The molecule has 12 nitrogen and oxygen atoms in total.